The first-order valence-corrected chi connectivity index (χ1v) is 5.48. The van der Waals surface area contributed by atoms with Gasteiger partial charge < -0.3 is 10.3 Å². The van der Waals surface area contributed by atoms with Gasteiger partial charge in [0.15, 0.2) is 11.6 Å². The van der Waals surface area contributed by atoms with Crippen molar-refractivity contribution in [1.82, 2.24) is 5.16 Å². The summed E-state index contributed by atoms with van der Waals surface area (Å²) in [6.07, 6.45) is 1.96. The minimum absolute atomic E-state index is 0.523. The standard InChI is InChI=1S/C10H12N2OS/c1-2-4-7-9(13-12-10(7)11)8-5-3-6-14-8/h3,5-6H,2,4H2,1H3,(H2,11,12). The number of anilines is 1. The van der Waals surface area contributed by atoms with Crippen molar-refractivity contribution in [2.75, 3.05) is 5.73 Å². The van der Waals surface area contributed by atoms with Gasteiger partial charge in [0.1, 0.15) is 0 Å². The maximum absolute atomic E-state index is 5.73. The number of hydrogen-bond donors (Lipinski definition) is 1. The first-order chi connectivity index (χ1) is 6.83. The fourth-order valence-corrected chi connectivity index (χ4v) is 2.14. The number of hydrogen-bond acceptors (Lipinski definition) is 4. The smallest absolute Gasteiger partial charge is 0.182 e. The second kappa shape index (κ2) is 3.84. The van der Waals surface area contributed by atoms with Crippen molar-refractivity contribution < 1.29 is 4.52 Å². The van der Waals surface area contributed by atoms with Gasteiger partial charge in [0.2, 0.25) is 0 Å². The molecule has 2 heterocycles. The summed E-state index contributed by atoms with van der Waals surface area (Å²) in [7, 11) is 0. The Morgan fingerprint density at radius 2 is 2.43 bits per heavy atom. The van der Waals surface area contributed by atoms with E-state index in [4.69, 9.17) is 10.3 Å². The molecule has 0 saturated heterocycles. The highest BCUT2D eigenvalue weighted by atomic mass is 32.1. The maximum atomic E-state index is 5.73. The van der Waals surface area contributed by atoms with Crippen LogP contribution in [0.1, 0.15) is 18.9 Å². The molecular weight excluding hydrogens is 196 g/mol. The zero-order chi connectivity index (χ0) is 9.97. The Labute approximate surface area is 86.5 Å². The van der Waals surface area contributed by atoms with E-state index < -0.39 is 0 Å². The van der Waals surface area contributed by atoms with E-state index in [1.165, 1.54) is 0 Å². The highest BCUT2D eigenvalue weighted by Gasteiger charge is 2.14. The predicted molar refractivity (Wildman–Crippen MR) is 58.2 cm³/mol. The highest BCUT2D eigenvalue weighted by Crippen LogP contribution is 2.31. The van der Waals surface area contributed by atoms with Gasteiger partial charge in [0, 0.05) is 5.56 Å². The van der Waals surface area contributed by atoms with Crippen molar-refractivity contribution in [2.24, 2.45) is 0 Å². The van der Waals surface area contributed by atoms with E-state index in [9.17, 15) is 0 Å². The average molecular weight is 208 g/mol. The molecule has 0 atom stereocenters. The highest BCUT2D eigenvalue weighted by molar-refractivity contribution is 7.13. The Balaban J connectivity index is 2.43. The van der Waals surface area contributed by atoms with E-state index in [0.29, 0.717) is 5.82 Å². The fourth-order valence-electron chi connectivity index (χ4n) is 1.41. The van der Waals surface area contributed by atoms with Crippen molar-refractivity contribution in [2.45, 2.75) is 19.8 Å². The summed E-state index contributed by atoms with van der Waals surface area (Å²) in [4.78, 5) is 1.10. The molecule has 2 aromatic rings. The molecule has 0 amide bonds. The Kier molecular flexibility index (Phi) is 2.54. The molecule has 0 aliphatic carbocycles. The van der Waals surface area contributed by atoms with E-state index in [-0.39, 0.29) is 0 Å². The third-order valence-corrected chi connectivity index (χ3v) is 2.93. The van der Waals surface area contributed by atoms with Crippen LogP contribution in [0.15, 0.2) is 22.0 Å². The minimum Gasteiger partial charge on any atom is -0.381 e. The van der Waals surface area contributed by atoms with Crippen LogP contribution < -0.4 is 5.73 Å². The number of nitrogens with two attached hydrogens (primary N) is 1. The summed E-state index contributed by atoms with van der Waals surface area (Å²) in [6, 6.07) is 4.01. The number of rotatable bonds is 3. The van der Waals surface area contributed by atoms with Crippen LogP contribution in [0.5, 0.6) is 0 Å². The zero-order valence-corrected chi connectivity index (χ0v) is 8.80. The topological polar surface area (TPSA) is 52.0 Å². The van der Waals surface area contributed by atoms with Gasteiger partial charge in [0.25, 0.3) is 0 Å². The predicted octanol–water partition coefficient (Wildman–Crippen LogP) is 2.94. The van der Waals surface area contributed by atoms with Crippen LogP contribution in [0.25, 0.3) is 10.6 Å². The van der Waals surface area contributed by atoms with Gasteiger partial charge in [-0.05, 0) is 17.9 Å². The Hall–Kier alpha value is -1.29. The molecule has 2 aromatic heterocycles. The summed E-state index contributed by atoms with van der Waals surface area (Å²) in [5.74, 6) is 1.36. The zero-order valence-electron chi connectivity index (χ0n) is 7.99. The van der Waals surface area contributed by atoms with Crippen molar-refractivity contribution >= 4 is 17.2 Å². The van der Waals surface area contributed by atoms with Gasteiger partial charge in [-0.3, -0.25) is 0 Å². The molecule has 2 N–H and O–H groups in total. The van der Waals surface area contributed by atoms with Gasteiger partial charge in [-0.15, -0.1) is 11.3 Å². The fraction of sp³-hybridized carbons (Fsp3) is 0.300. The van der Waals surface area contributed by atoms with Crippen LogP contribution in [0.4, 0.5) is 5.82 Å². The minimum atomic E-state index is 0.523. The lowest BCUT2D eigenvalue weighted by molar-refractivity contribution is 0.436. The van der Waals surface area contributed by atoms with Crippen LogP contribution in [-0.4, -0.2) is 5.16 Å². The normalized spacial score (nSPS) is 10.6. The monoisotopic (exact) mass is 208 g/mol. The summed E-state index contributed by atoms with van der Waals surface area (Å²) >= 11 is 1.64. The van der Waals surface area contributed by atoms with Gasteiger partial charge >= 0.3 is 0 Å². The Morgan fingerprint density at radius 1 is 1.57 bits per heavy atom. The molecule has 0 aliphatic rings. The number of thiophene rings is 1. The van der Waals surface area contributed by atoms with Crippen molar-refractivity contribution in [1.29, 1.82) is 0 Å². The SMILES string of the molecule is CCCc1c(N)noc1-c1cccs1. The lowest BCUT2D eigenvalue weighted by Gasteiger charge is -1.96. The van der Waals surface area contributed by atoms with Crippen LogP contribution >= 0.6 is 11.3 Å². The van der Waals surface area contributed by atoms with E-state index >= 15 is 0 Å². The molecule has 0 aromatic carbocycles. The van der Waals surface area contributed by atoms with E-state index in [1.807, 2.05) is 17.5 Å². The third-order valence-electron chi connectivity index (χ3n) is 2.06. The number of aromatic nitrogens is 1. The molecular formula is C10H12N2OS. The molecule has 0 bridgehead atoms. The van der Waals surface area contributed by atoms with Crippen molar-refractivity contribution in [3.8, 4) is 10.6 Å². The van der Waals surface area contributed by atoms with Crippen LogP contribution in [0, 0.1) is 0 Å². The summed E-state index contributed by atoms with van der Waals surface area (Å²) in [5, 5.41) is 5.82. The lowest BCUT2D eigenvalue weighted by atomic mass is 10.1. The van der Waals surface area contributed by atoms with Gasteiger partial charge in [-0.25, -0.2) is 0 Å². The first-order valence-electron chi connectivity index (χ1n) is 4.60. The van der Waals surface area contributed by atoms with E-state index in [1.54, 1.807) is 11.3 Å². The van der Waals surface area contributed by atoms with Gasteiger partial charge in [-0.2, -0.15) is 0 Å². The molecule has 0 saturated carbocycles. The molecule has 2 rings (SSSR count). The summed E-state index contributed by atoms with van der Waals surface area (Å²) in [5.41, 5.74) is 6.77. The third kappa shape index (κ3) is 1.53. The Bertz CT molecular complexity index is 406. The average Bonchev–Trinajstić information content (AvgIpc) is 2.77. The van der Waals surface area contributed by atoms with Crippen LogP contribution in [0.2, 0.25) is 0 Å². The molecule has 0 unspecified atom stereocenters. The second-order valence-corrected chi connectivity index (χ2v) is 4.05. The molecule has 0 spiro atoms. The Morgan fingerprint density at radius 3 is 3.07 bits per heavy atom. The molecule has 0 radical (unpaired) electrons. The molecule has 3 nitrogen and oxygen atoms in total. The second-order valence-electron chi connectivity index (χ2n) is 3.10. The quantitative estimate of drug-likeness (QED) is 0.843. The molecule has 14 heavy (non-hydrogen) atoms. The first kappa shape index (κ1) is 9.27. The van der Waals surface area contributed by atoms with Crippen LogP contribution in [0.3, 0.4) is 0 Å². The van der Waals surface area contributed by atoms with Gasteiger partial charge in [0.05, 0.1) is 4.88 Å². The van der Waals surface area contributed by atoms with E-state index in [2.05, 4.69) is 12.1 Å². The summed E-state index contributed by atoms with van der Waals surface area (Å²) in [6.45, 7) is 2.12. The molecule has 0 fully saturated rings. The van der Waals surface area contributed by atoms with Crippen molar-refractivity contribution in [3.63, 3.8) is 0 Å². The maximum Gasteiger partial charge on any atom is 0.182 e. The summed E-state index contributed by atoms with van der Waals surface area (Å²) < 4.78 is 5.23. The number of nitrogen functional groups attached to an aromatic ring is 1. The molecule has 74 valence electrons. The van der Waals surface area contributed by atoms with Crippen molar-refractivity contribution in [3.05, 3.63) is 23.1 Å². The van der Waals surface area contributed by atoms with Crippen LogP contribution in [-0.2, 0) is 6.42 Å². The van der Waals surface area contributed by atoms with Gasteiger partial charge in [-0.1, -0.05) is 24.6 Å². The largest absolute Gasteiger partial charge is 0.381 e. The number of nitrogens with zero attached hydrogens (tertiary/aromatic N) is 1. The van der Waals surface area contributed by atoms with E-state index in [0.717, 1.165) is 29.0 Å². The molecule has 4 heteroatoms. The lowest BCUT2D eigenvalue weighted by Crippen LogP contribution is -1.91. The molecule has 0 aliphatic heterocycles.